The van der Waals surface area contributed by atoms with Crippen LogP contribution in [0.4, 0.5) is 5.69 Å². The highest BCUT2D eigenvalue weighted by molar-refractivity contribution is 9.10. The number of amides is 2. The maximum Gasteiger partial charge on any atom is 0.261 e. The molecule has 0 aromatic heterocycles. The number of hydrogen-bond acceptors (Lipinski definition) is 4. The summed E-state index contributed by atoms with van der Waals surface area (Å²) in [4.78, 5) is 27.2. The van der Waals surface area contributed by atoms with Gasteiger partial charge in [-0.05, 0) is 74.1 Å². The number of thiocarbonyl (C=S) groups is 1. The molecule has 0 aliphatic heterocycles. The average molecular weight is 555 g/mol. The highest BCUT2D eigenvalue weighted by Crippen LogP contribution is 2.24. The predicted molar refractivity (Wildman–Crippen MR) is 147 cm³/mol. The number of ether oxygens (including phenoxy) is 1. The van der Waals surface area contributed by atoms with Crippen molar-refractivity contribution in [2.75, 3.05) is 25.0 Å². The van der Waals surface area contributed by atoms with Crippen LogP contribution in [-0.2, 0) is 6.42 Å². The highest BCUT2D eigenvalue weighted by Gasteiger charge is 2.16. The number of benzene rings is 3. The Kier molecular flexibility index (Phi) is 9.81. The molecule has 3 aromatic carbocycles. The van der Waals surface area contributed by atoms with Gasteiger partial charge in [-0.2, -0.15) is 0 Å². The van der Waals surface area contributed by atoms with E-state index in [0.717, 1.165) is 16.5 Å². The van der Waals surface area contributed by atoms with E-state index in [0.29, 0.717) is 42.3 Å². The van der Waals surface area contributed by atoms with Crippen molar-refractivity contribution in [2.24, 2.45) is 0 Å². The standard InChI is InChI=1S/C27H28BrN3O3S/c1-3-31(4-2)26(33)20-10-13-22(14-11-20)29-27(35)30-25(32)23-18-21(28)12-15-24(23)34-17-16-19-8-6-5-7-9-19/h5-15,18H,3-4,16-17H2,1-2H3,(H2,29,30,32,35). The molecule has 0 saturated carbocycles. The van der Waals surface area contributed by atoms with E-state index in [1.807, 2.05) is 50.2 Å². The molecule has 3 rings (SSSR count). The van der Waals surface area contributed by atoms with Crippen LogP contribution in [0.3, 0.4) is 0 Å². The minimum atomic E-state index is -0.383. The zero-order chi connectivity index (χ0) is 25.2. The van der Waals surface area contributed by atoms with Crippen molar-refractivity contribution in [1.29, 1.82) is 0 Å². The molecule has 2 N–H and O–H groups in total. The monoisotopic (exact) mass is 553 g/mol. The van der Waals surface area contributed by atoms with Gasteiger partial charge in [0, 0.05) is 35.2 Å². The van der Waals surface area contributed by atoms with Gasteiger partial charge in [-0.25, -0.2) is 0 Å². The van der Waals surface area contributed by atoms with Crippen molar-refractivity contribution in [3.05, 3.63) is 94.0 Å². The molecule has 8 heteroatoms. The van der Waals surface area contributed by atoms with Crippen LogP contribution in [0.15, 0.2) is 77.3 Å². The molecule has 0 spiro atoms. The van der Waals surface area contributed by atoms with Gasteiger partial charge < -0.3 is 15.0 Å². The Hall–Kier alpha value is -3.23. The normalized spacial score (nSPS) is 10.4. The van der Waals surface area contributed by atoms with Crippen LogP contribution in [0.5, 0.6) is 5.75 Å². The third-order valence-corrected chi connectivity index (χ3v) is 6.04. The Labute approximate surface area is 219 Å². The summed E-state index contributed by atoms with van der Waals surface area (Å²) in [6.45, 7) is 5.64. The second kappa shape index (κ2) is 13.0. The molecule has 0 bridgehead atoms. The summed E-state index contributed by atoms with van der Waals surface area (Å²) in [5.41, 5.74) is 2.79. The smallest absolute Gasteiger partial charge is 0.261 e. The molecular weight excluding hydrogens is 526 g/mol. The van der Waals surface area contributed by atoms with Crippen molar-refractivity contribution in [3.8, 4) is 5.75 Å². The Bertz CT molecular complexity index is 1170. The van der Waals surface area contributed by atoms with Gasteiger partial charge in [0.1, 0.15) is 5.75 Å². The molecule has 35 heavy (non-hydrogen) atoms. The Morgan fingerprint density at radius 1 is 0.971 bits per heavy atom. The minimum absolute atomic E-state index is 0.0214. The van der Waals surface area contributed by atoms with E-state index >= 15 is 0 Å². The number of carbonyl (C=O) groups is 2. The molecule has 2 amide bonds. The van der Waals surface area contributed by atoms with Crippen LogP contribution in [0.25, 0.3) is 0 Å². The second-order valence-corrected chi connectivity index (χ2v) is 9.01. The van der Waals surface area contributed by atoms with E-state index in [2.05, 4.69) is 26.6 Å². The molecule has 0 atom stereocenters. The number of carbonyl (C=O) groups excluding carboxylic acids is 2. The molecule has 6 nitrogen and oxygen atoms in total. The lowest BCUT2D eigenvalue weighted by Crippen LogP contribution is -2.34. The number of nitrogens with zero attached hydrogens (tertiary/aromatic N) is 1. The average Bonchev–Trinajstić information content (AvgIpc) is 2.86. The maximum absolute atomic E-state index is 12.9. The zero-order valence-electron chi connectivity index (χ0n) is 19.7. The Morgan fingerprint density at radius 2 is 1.66 bits per heavy atom. The molecule has 182 valence electrons. The topological polar surface area (TPSA) is 70.7 Å². The first-order valence-corrected chi connectivity index (χ1v) is 12.6. The molecule has 0 fully saturated rings. The summed E-state index contributed by atoms with van der Waals surface area (Å²) in [5.74, 6) is 0.0717. The van der Waals surface area contributed by atoms with Gasteiger partial charge in [-0.15, -0.1) is 0 Å². The fourth-order valence-corrected chi connectivity index (χ4v) is 4.02. The van der Waals surface area contributed by atoms with Crippen LogP contribution in [0.1, 0.15) is 40.1 Å². The van der Waals surface area contributed by atoms with Crippen molar-refractivity contribution < 1.29 is 14.3 Å². The first-order valence-electron chi connectivity index (χ1n) is 11.4. The van der Waals surface area contributed by atoms with Gasteiger partial charge in [0.05, 0.1) is 12.2 Å². The summed E-state index contributed by atoms with van der Waals surface area (Å²) in [5, 5.41) is 5.83. The van der Waals surface area contributed by atoms with E-state index in [1.54, 1.807) is 41.3 Å². The van der Waals surface area contributed by atoms with E-state index < -0.39 is 0 Å². The quantitative estimate of drug-likeness (QED) is 0.333. The molecule has 0 unspecified atom stereocenters. The van der Waals surface area contributed by atoms with Gasteiger partial charge >= 0.3 is 0 Å². The SMILES string of the molecule is CCN(CC)C(=O)c1ccc(NC(=S)NC(=O)c2cc(Br)ccc2OCCc2ccccc2)cc1. The fourth-order valence-electron chi connectivity index (χ4n) is 3.45. The summed E-state index contributed by atoms with van der Waals surface area (Å²) in [6, 6.07) is 22.3. The van der Waals surface area contributed by atoms with Crippen molar-refractivity contribution >= 4 is 50.8 Å². The summed E-state index contributed by atoms with van der Waals surface area (Å²) < 4.78 is 6.66. The summed E-state index contributed by atoms with van der Waals surface area (Å²) in [7, 11) is 0. The van der Waals surface area contributed by atoms with Crippen molar-refractivity contribution in [1.82, 2.24) is 10.2 Å². The lowest BCUT2D eigenvalue weighted by Gasteiger charge is -2.18. The summed E-state index contributed by atoms with van der Waals surface area (Å²) >= 11 is 8.75. The fraction of sp³-hybridized carbons (Fsp3) is 0.222. The van der Waals surface area contributed by atoms with Gasteiger partial charge in [-0.3, -0.25) is 14.9 Å². The van der Waals surface area contributed by atoms with Crippen molar-refractivity contribution in [3.63, 3.8) is 0 Å². The largest absolute Gasteiger partial charge is 0.492 e. The number of rotatable bonds is 9. The van der Waals surface area contributed by atoms with E-state index in [4.69, 9.17) is 17.0 Å². The first-order chi connectivity index (χ1) is 16.9. The summed E-state index contributed by atoms with van der Waals surface area (Å²) in [6.07, 6.45) is 0.727. The highest BCUT2D eigenvalue weighted by atomic mass is 79.9. The lowest BCUT2D eigenvalue weighted by molar-refractivity contribution is 0.0772. The van der Waals surface area contributed by atoms with Gasteiger partial charge in [0.2, 0.25) is 0 Å². The third-order valence-electron chi connectivity index (χ3n) is 5.34. The van der Waals surface area contributed by atoms with Gasteiger partial charge in [0.15, 0.2) is 5.11 Å². The van der Waals surface area contributed by atoms with Crippen LogP contribution < -0.4 is 15.4 Å². The molecule has 0 heterocycles. The number of anilines is 1. The maximum atomic E-state index is 12.9. The lowest BCUT2D eigenvalue weighted by atomic mass is 10.1. The molecule has 0 radical (unpaired) electrons. The molecule has 0 aliphatic rings. The van der Waals surface area contributed by atoms with Crippen LogP contribution in [-0.4, -0.2) is 41.5 Å². The van der Waals surface area contributed by atoms with Crippen LogP contribution >= 0.6 is 28.1 Å². The predicted octanol–water partition coefficient (Wildman–Crippen LogP) is 5.68. The molecule has 0 saturated heterocycles. The number of halogens is 1. The Balaban J connectivity index is 1.60. The first kappa shape index (κ1) is 26.4. The van der Waals surface area contributed by atoms with Gasteiger partial charge in [-0.1, -0.05) is 46.3 Å². The second-order valence-electron chi connectivity index (χ2n) is 7.69. The zero-order valence-corrected chi connectivity index (χ0v) is 22.1. The van der Waals surface area contributed by atoms with E-state index in [1.165, 1.54) is 0 Å². The molecule has 3 aromatic rings. The molecule has 0 aliphatic carbocycles. The van der Waals surface area contributed by atoms with Crippen LogP contribution in [0.2, 0.25) is 0 Å². The Morgan fingerprint density at radius 3 is 2.31 bits per heavy atom. The number of hydrogen-bond donors (Lipinski definition) is 2. The van der Waals surface area contributed by atoms with Crippen LogP contribution in [0, 0.1) is 0 Å². The van der Waals surface area contributed by atoms with E-state index in [-0.39, 0.29) is 16.9 Å². The van der Waals surface area contributed by atoms with E-state index in [9.17, 15) is 9.59 Å². The third kappa shape index (κ3) is 7.63. The number of nitrogens with one attached hydrogen (secondary N) is 2. The minimum Gasteiger partial charge on any atom is -0.492 e. The molecular formula is C27H28BrN3O3S. The van der Waals surface area contributed by atoms with Crippen molar-refractivity contribution in [2.45, 2.75) is 20.3 Å². The van der Waals surface area contributed by atoms with Gasteiger partial charge in [0.25, 0.3) is 11.8 Å².